The Morgan fingerprint density at radius 1 is 1.54 bits per heavy atom. The quantitative estimate of drug-likeness (QED) is 0.293. The fourth-order valence-electron chi connectivity index (χ4n) is 0.480. The van der Waals surface area contributed by atoms with Crippen LogP contribution in [-0.4, -0.2) is 24.3 Å². The molecule has 0 aromatic carbocycles. The van der Waals surface area contributed by atoms with Crippen molar-refractivity contribution in [1.82, 2.24) is 5.32 Å². The summed E-state index contributed by atoms with van der Waals surface area (Å²) in [7, 11) is 1.51. The lowest BCUT2D eigenvalue weighted by Crippen LogP contribution is -2.14. The first-order valence-electron chi connectivity index (χ1n) is 3.64. The fraction of sp³-hybridized carbons (Fsp3) is 0.111. The molecule has 0 aliphatic heterocycles. The second-order valence-corrected chi connectivity index (χ2v) is 2.02. The largest absolute Gasteiger partial charge is 0.508 e. The van der Waals surface area contributed by atoms with Gasteiger partial charge in [0.15, 0.2) is 0 Å². The molecule has 0 atom stereocenters. The fourth-order valence-corrected chi connectivity index (χ4v) is 0.480. The molecule has 0 spiro atoms. The molecule has 0 aliphatic carbocycles. The second kappa shape index (κ2) is 6.84. The van der Waals surface area contributed by atoms with Crippen LogP contribution in [0.25, 0.3) is 0 Å². The molecule has 0 unspecified atom stereocenters. The van der Waals surface area contributed by atoms with E-state index < -0.39 is 0 Å². The predicted octanol–water partition coefficient (Wildman–Crippen LogP) is 0.945. The smallest absolute Gasteiger partial charge is 0.243 e. The molecule has 0 aromatic rings. The summed E-state index contributed by atoms with van der Waals surface area (Å²) in [6.07, 6.45) is 6.55. The zero-order chi connectivity index (χ0) is 10.1. The Morgan fingerprint density at radius 3 is 2.77 bits per heavy atom. The van der Waals surface area contributed by atoms with E-state index in [-0.39, 0.29) is 11.7 Å². The van der Waals surface area contributed by atoms with Crippen LogP contribution in [0.3, 0.4) is 0 Å². The molecule has 0 rings (SSSR count). The van der Waals surface area contributed by atoms with Gasteiger partial charge in [-0.2, -0.15) is 0 Å². The van der Waals surface area contributed by atoms with Gasteiger partial charge in [-0.05, 0) is 12.2 Å². The summed E-state index contributed by atoms with van der Waals surface area (Å²) in [6, 6.07) is 0. The first-order valence-corrected chi connectivity index (χ1v) is 3.64. The van der Waals surface area contributed by atoms with Gasteiger partial charge in [-0.15, -0.1) is 0 Å². The van der Waals surface area contributed by atoms with E-state index in [0.717, 1.165) is 0 Å². The monoisotopic (exact) mass is 180 g/mol. The summed E-state index contributed by atoms with van der Waals surface area (Å²) in [4.78, 5) is 14.3. The van der Waals surface area contributed by atoms with Crippen LogP contribution in [0.15, 0.2) is 41.8 Å². The summed E-state index contributed by atoms with van der Waals surface area (Å²) in [5, 5.41) is 11.5. The van der Waals surface area contributed by atoms with E-state index in [1.54, 1.807) is 0 Å². The van der Waals surface area contributed by atoms with Crippen LogP contribution < -0.4 is 5.32 Å². The van der Waals surface area contributed by atoms with Crippen LogP contribution >= 0.6 is 0 Å². The Bertz CT molecular complexity index is 265. The number of aliphatic hydroxyl groups is 1. The number of hydrogen-bond acceptors (Lipinski definition) is 3. The molecule has 0 bridgehead atoms. The average molecular weight is 180 g/mol. The molecule has 0 aliphatic rings. The van der Waals surface area contributed by atoms with E-state index in [0.29, 0.717) is 0 Å². The van der Waals surface area contributed by atoms with E-state index in [4.69, 9.17) is 5.11 Å². The maximum Gasteiger partial charge on any atom is 0.243 e. The van der Waals surface area contributed by atoms with E-state index in [9.17, 15) is 4.79 Å². The summed E-state index contributed by atoms with van der Waals surface area (Å²) in [6.45, 7) is 3.35. The van der Waals surface area contributed by atoms with Crippen LogP contribution in [0.2, 0.25) is 0 Å². The van der Waals surface area contributed by atoms with E-state index in [1.165, 1.54) is 37.7 Å². The number of allylic oxidation sites excluding steroid dienone is 2. The molecule has 4 nitrogen and oxygen atoms in total. The van der Waals surface area contributed by atoms with E-state index in [2.05, 4.69) is 16.9 Å². The molecule has 70 valence electrons. The molecule has 0 saturated heterocycles. The van der Waals surface area contributed by atoms with Crippen molar-refractivity contribution in [3.05, 3.63) is 36.8 Å². The Kier molecular flexibility index (Phi) is 5.88. The lowest BCUT2D eigenvalue weighted by Gasteiger charge is -1.89. The minimum Gasteiger partial charge on any atom is -0.508 e. The zero-order valence-corrected chi connectivity index (χ0v) is 7.40. The first kappa shape index (κ1) is 11.2. The van der Waals surface area contributed by atoms with Crippen molar-refractivity contribution < 1.29 is 9.90 Å². The lowest BCUT2D eigenvalue weighted by molar-refractivity contribution is -0.116. The molecule has 0 aromatic heterocycles. The minimum atomic E-state index is -0.277. The van der Waals surface area contributed by atoms with Gasteiger partial charge in [0.25, 0.3) is 0 Å². The van der Waals surface area contributed by atoms with Gasteiger partial charge in [-0.1, -0.05) is 6.58 Å². The van der Waals surface area contributed by atoms with E-state index >= 15 is 0 Å². The number of aliphatic hydroxyl groups excluding tert-OH is 1. The molecule has 13 heavy (non-hydrogen) atoms. The Balaban J connectivity index is 4.12. The van der Waals surface area contributed by atoms with Crippen molar-refractivity contribution in [3.63, 3.8) is 0 Å². The minimum absolute atomic E-state index is 0.0470. The lowest BCUT2D eigenvalue weighted by atomic mass is 10.4. The third-order valence-electron chi connectivity index (χ3n) is 1.09. The second-order valence-electron chi connectivity index (χ2n) is 2.02. The first-order chi connectivity index (χ1) is 6.20. The van der Waals surface area contributed by atoms with E-state index in [1.807, 2.05) is 0 Å². The van der Waals surface area contributed by atoms with Gasteiger partial charge < -0.3 is 10.4 Å². The summed E-state index contributed by atoms with van der Waals surface area (Å²) in [5.41, 5.74) is 0. The number of carbonyl (C=O) groups is 1. The molecule has 2 N–H and O–H groups in total. The Labute approximate surface area is 77.0 Å². The topological polar surface area (TPSA) is 61.7 Å². The molecular weight excluding hydrogens is 168 g/mol. The standard InChI is InChI=1S/C9H12N2O2/c1-3-11-7-6-8(12)4-5-9(13)10-2/h3-7,12H,1H2,2H3,(H,10,13)/b5-4+,8-6+,11-7+. The third-order valence-corrected chi connectivity index (χ3v) is 1.09. The molecular formula is C9H12N2O2. The number of likely N-dealkylation sites (N-methyl/N-ethyl adjacent to an activating group) is 1. The highest BCUT2D eigenvalue weighted by molar-refractivity contribution is 5.87. The molecule has 4 heteroatoms. The SMILES string of the molecule is C=C/N=C/C=C(O)\C=C\C(=O)NC. The van der Waals surface area contributed by atoms with Crippen LogP contribution in [0, 0.1) is 0 Å². The van der Waals surface area contributed by atoms with Crippen molar-refractivity contribution in [2.45, 2.75) is 0 Å². The molecule has 0 fully saturated rings. The van der Waals surface area contributed by atoms with Gasteiger partial charge in [-0.3, -0.25) is 9.79 Å². The normalized spacial score (nSPS) is 12.2. The highest BCUT2D eigenvalue weighted by Gasteiger charge is 1.88. The zero-order valence-electron chi connectivity index (χ0n) is 7.40. The van der Waals surface area contributed by atoms with Gasteiger partial charge in [0.2, 0.25) is 5.91 Å². The van der Waals surface area contributed by atoms with Crippen molar-refractivity contribution >= 4 is 12.1 Å². The van der Waals surface area contributed by atoms with Gasteiger partial charge in [0, 0.05) is 25.5 Å². The Hall–Kier alpha value is -1.84. The highest BCUT2D eigenvalue weighted by Crippen LogP contribution is 1.88. The van der Waals surface area contributed by atoms with Crippen molar-refractivity contribution in [2.75, 3.05) is 7.05 Å². The third kappa shape index (κ3) is 6.55. The van der Waals surface area contributed by atoms with Gasteiger partial charge in [-0.25, -0.2) is 0 Å². The summed E-state index contributed by atoms with van der Waals surface area (Å²) >= 11 is 0. The van der Waals surface area contributed by atoms with Gasteiger partial charge >= 0.3 is 0 Å². The number of amides is 1. The van der Waals surface area contributed by atoms with Crippen molar-refractivity contribution in [1.29, 1.82) is 0 Å². The maximum atomic E-state index is 10.7. The number of aliphatic imine (C=N–C) groups is 1. The Morgan fingerprint density at radius 2 is 2.23 bits per heavy atom. The van der Waals surface area contributed by atoms with Crippen molar-refractivity contribution in [2.24, 2.45) is 4.99 Å². The number of rotatable bonds is 4. The molecule has 0 heterocycles. The number of carbonyl (C=O) groups excluding carboxylic acids is 1. The number of nitrogens with one attached hydrogen (secondary N) is 1. The van der Waals surface area contributed by atoms with Gasteiger partial charge in [0.05, 0.1) is 0 Å². The number of nitrogens with zero attached hydrogens (tertiary/aromatic N) is 1. The predicted molar refractivity (Wildman–Crippen MR) is 52.6 cm³/mol. The maximum absolute atomic E-state index is 10.7. The van der Waals surface area contributed by atoms with Crippen LogP contribution in [0.5, 0.6) is 0 Å². The van der Waals surface area contributed by atoms with Gasteiger partial charge in [0.1, 0.15) is 5.76 Å². The van der Waals surface area contributed by atoms with Crippen molar-refractivity contribution in [3.8, 4) is 0 Å². The van der Waals surface area contributed by atoms with Crippen LogP contribution in [0.4, 0.5) is 0 Å². The molecule has 0 radical (unpaired) electrons. The summed E-state index contributed by atoms with van der Waals surface area (Å²) < 4.78 is 0. The average Bonchev–Trinajstić information content (AvgIpc) is 2.14. The van der Waals surface area contributed by atoms with Crippen LogP contribution in [-0.2, 0) is 4.79 Å². The highest BCUT2D eigenvalue weighted by atomic mass is 16.3. The van der Waals surface area contributed by atoms with Crippen LogP contribution in [0.1, 0.15) is 0 Å². The summed E-state index contributed by atoms with van der Waals surface area (Å²) in [5.74, 6) is -0.324. The molecule has 1 amide bonds. The molecule has 0 saturated carbocycles. The number of hydrogen-bond donors (Lipinski definition) is 2.